The molecule has 2 aliphatic heterocycles. The highest BCUT2D eigenvalue weighted by Crippen LogP contribution is 2.24. The molecule has 0 spiro atoms. The number of benzene rings is 1. The molecule has 1 aromatic carbocycles. The van der Waals surface area contributed by atoms with Crippen molar-refractivity contribution >= 4 is 5.91 Å². The molecule has 0 aliphatic carbocycles. The number of carbonyl (C=O) groups excluding carboxylic acids is 1. The average molecular weight is 410 g/mol. The second kappa shape index (κ2) is 10.3. The number of aryl methyl sites for hydroxylation is 1. The largest absolute Gasteiger partial charge is 0.465 e. The maximum absolute atomic E-state index is 12.7. The van der Waals surface area contributed by atoms with E-state index < -0.39 is 0 Å². The van der Waals surface area contributed by atoms with Gasteiger partial charge in [-0.05, 0) is 76.4 Å². The van der Waals surface area contributed by atoms with Crippen LogP contribution in [0.1, 0.15) is 42.8 Å². The number of nitrogens with one attached hydrogen (secondary N) is 1. The Kier molecular flexibility index (Phi) is 7.24. The fraction of sp³-hybridized carbons (Fsp3) is 0.560. The number of rotatable bonds is 7. The summed E-state index contributed by atoms with van der Waals surface area (Å²) in [5, 5.41) is 3.08. The highest BCUT2D eigenvalue weighted by molar-refractivity contribution is 5.78. The third-order valence-electron chi connectivity index (χ3n) is 6.69. The van der Waals surface area contributed by atoms with E-state index >= 15 is 0 Å². The highest BCUT2D eigenvalue weighted by atomic mass is 16.3. The van der Waals surface area contributed by atoms with E-state index in [9.17, 15) is 4.79 Å². The smallest absolute Gasteiger partial charge is 0.224 e. The molecule has 1 amide bonds. The Morgan fingerprint density at radius 3 is 2.60 bits per heavy atom. The van der Waals surface area contributed by atoms with Crippen molar-refractivity contribution in [1.82, 2.24) is 15.1 Å². The molecule has 2 saturated heterocycles. The van der Waals surface area contributed by atoms with Crippen LogP contribution in [0.5, 0.6) is 0 Å². The Balaban J connectivity index is 1.19. The van der Waals surface area contributed by atoms with Gasteiger partial charge in [-0.15, -0.1) is 0 Å². The predicted octanol–water partition coefficient (Wildman–Crippen LogP) is 3.62. The SMILES string of the molecule is Cc1ccc(CNC(=O)[C@H]2CCCN(C3CCN(CCc4ccccc4)CC3)C2)o1. The van der Waals surface area contributed by atoms with Crippen LogP contribution in [0.25, 0.3) is 0 Å². The first-order valence-electron chi connectivity index (χ1n) is 11.5. The molecular weight excluding hydrogens is 374 g/mol. The minimum absolute atomic E-state index is 0.103. The minimum Gasteiger partial charge on any atom is -0.465 e. The van der Waals surface area contributed by atoms with Crippen LogP contribution < -0.4 is 5.32 Å². The lowest BCUT2D eigenvalue weighted by atomic mass is 9.93. The maximum atomic E-state index is 12.7. The van der Waals surface area contributed by atoms with Crippen molar-refractivity contribution in [3.05, 3.63) is 59.5 Å². The van der Waals surface area contributed by atoms with Crippen LogP contribution in [-0.2, 0) is 17.8 Å². The Morgan fingerprint density at radius 1 is 1.07 bits per heavy atom. The Labute approximate surface area is 180 Å². The molecule has 162 valence electrons. The standard InChI is InChI=1S/C25H35N3O2/c1-20-9-10-24(30-20)18-26-25(29)22-8-5-14-28(19-22)23-12-16-27(17-13-23)15-11-21-6-3-2-4-7-21/h2-4,6-7,9-10,22-23H,5,8,11-19H2,1H3,(H,26,29)/t22-/m0/s1. The number of amides is 1. The van der Waals surface area contributed by atoms with E-state index in [0.29, 0.717) is 12.6 Å². The summed E-state index contributed by atoms with van der Waals surface area (Å²) in [4.78, 5) is 17.9. The van der Waals surface area contributed by atoms with Crippen LogP contribution in [0.3, 0.4) is 0 Å². The van der Waals surface area contributed by atoms with Gasteiger partial charge in [-0.3, -0.25) is 9.69 Å². The summed E-state index contributed by atoms with van der Waals surface area (Å²) in [5.41, 5.74) is 1.43. The molecule has 30 heavy (non-hydrogen) atoms. The normalized spacial score (nSPS) is 21.6. The Hall–Kier alpha value is -2.11. The van der Waals surface area contributed by atoms with Crippen LogP contribution in [0.4, 0.5) is 0 Å². The fourth-order valence-electron chi connectivity index (χ4n) is 4.89. The van der Waals surface area contributed by atoms with E-state index in [2.05, 4.69) is 45.4 Å². The van der Waals surface area contributed by atoms with Gasteiger partial charge in [0.15, 0.2) is 0 Å². The first kappa shape index (κ1) is 21.1. The molecule has 1 aromatic heterocycles. The zero-order valence-corrected chi connectivity index (χ0v) is 18.2. The molecule has 2 fully saturated rings. The molecule has 0 saturated carbocycles. The van der Waals surface area contributed by atoms with Crippen molar-refractivity contribution in [3.8, 4) is 0 Å². The maximum Gasteiger partial charge on any atom is 0.224 e. The molecular formula is C25H35N3O2. The van der Waals surface area contributed by atoms with Crippen LogP contribution in [0.2, 0.25) is 0 Å². The third kappa shape index (κ3) is 5.73. The Morgan fingerprint density at radius 2 is 1.87 bits per heavy atom. The molecule has 0 unspecified atom stereocenters. The van der Waals surface area contributed by atoms with Gasteiger partial charge in [-0.1, -0.05) is 30.3 Å². The van der Waals surface area contributed by atoms with Crippen molar-refractivity contribution in [2.45, 2.75) is 51.6 Å². The van der Waals surface area contributed by atoms with Crippen molar-refractivity contribution in [2.24, 2.45) is 5.92 Å². The first-order chi connectivity index (χ1) is 14.7. The van der Waals surface area contributed by atoms with Crippen LogP contribution in [-0.4, -0.2) is 54.5 Å². The molecule has 5 nitrogen and oxygen atoms in total. The molecule has 4 rings (SSSR count). The lowest BCUT2D eigenvalue weighted by Gasteiger charge is -2.42. The van der Waals surface area contributed by atoms with Crippen LogP contribution in [0.15, 0.2) is 46.9 Å². The lowest BCUT2D eigenvalue weighted by molar-refractivity contribution is -0.127. The molecule has 0 bridgehead atoms. The van der Waals surface area contributed by atoms with Gasteiger partial charge in [0.05, 0.1) is 12.5 Å². The third-order valence-corrected chi connectivity index (χ3v) is 6.69. The predicted molar refractivity (Wildman–Crippen MR) is 119 cm³/mol. The fourth-order valence-corrected chi connectivity index (χ4v) is 4.89. The summed E-state index contributed by atoms with van der Waals surface area (Å²) in [6, 6.07) is 15.3. The lowest BCUT2D eigenvalue weighted by Crippen LogP contribution is -2.50. The summed E-state index contributed by atoms with van der Waals surface area (Å²) >= 11 is 0. The number of likely N-dealkylation sites (tertiary alicyclic amines) is 2. The van der Waals surface area contributed by atoms with Gasteiger partial charge in [0.25, 0.3) is 0 Å². The van der Waals surface area contributed by atoms with Crippen LogP contribution in [0, 0.1) is 12.8 Å². The van der Waals surface area contributed by atoms with Crippen LogP contribution >= 0.6 is 0 Å². The number of hydrogen-bond donors (Lipinski definition) is 1. The highest BCUT2D eigenvalue weighted by Gasteiger charge is 2.31. The topological polar surface area (TPSA) is 48.7 Å². The van der Waals surface area contributed by atoms with E-state index in [0.717, 1.165) is 50.4 Å². The number of hydrogen-bond acceptors (Lipinski definition) is 4. The van der Waals surface area contributed by atoms with E-state index in [1.807, 2.05) is 19.1 Å². The molecule has 1 atom stereocenters. The quantitative estimate of drug-likeness (QED) is 0.759. The summed E-state index contributed by atoms with van der Waals surface area (Å²) < 4.78 is 5.57. The van der Waals surface area contributed by atoms with Crippen molar-refractivity contribution in [1.29, 1.82) is 0 Å². The zero-order valence-electron chi connectivity index (χ0n) is 18.2. The number of furan rings is 1. The number of piperidine rings is 2. The summed E-state index contributed by atoms with van der Waals surface area (Å²) in [7, 11) is 0. The molecule has 0 radical (unpaired) electrons. The summed E-state index contributed by atoms with van der Waals surface area (Å²) in [6.07, 6.45) is 5.68. The van der Waals surface area contributed by atoms with Gasteiger partial charge < -0.3 is 14.6 Å². The molecule has 1 N–H and O–H groups in total. The molecule has 3 heterocycles. The van der Waals surface area contributed by atoms with Crippen molar-refractivity contribution in [2.75, 3.05) is 32.7 Å². The van der Waals surface area contributed by atoms with Gasteiger partial charge in [-0.2, -0.15) is 0 Å². The van der Waals surface area contributed by atoms with Gasteiger partial charge in [0.1, 0.15) is 11.5 Å². The summed E-state index contributed by atoms with van der Waals surface area (Å²) in [5.74, 6) is 1.99. The number of nitrogens with zero attached hydrogens (tertiary/aromatic N) is 2. The van der Waals surface area contributed by atoms with E-state index in [1.54, 1.807) is 0 Å². The second-order valence-corrected chi connectivity index (χ2v) is 8.87. The molecule has 5 heteroatoms. The van der Waals surface area contributed by atoms with E-state index in [1.165, 1.54) is 31.5 Å². The van der Waals surface area contributed by atoms with Gasteiger partial charge in [0, 0.05) is 19.1 Å². The summed E-state index contributed by atoms with van der Waals surface area (Å²) in [6.45, 7) is 7.94. The van der Waals surface area contributed by atoms with E-state index in [-0.39, 0.29) is 11.8 Å². The molecule has 2 aromatic rings. The van der Waals surface area contributed by atoms with Gasteiger partial charge in [-0.25, -0.2) is 0 Å². The van der Waals surface area contributed by atoms with Crippen molar-refractivity contribution < 1.29 is 9.21 Å². The minimum atomic E-state index is 0.103. The molecule has 2 aliphatic rings. The number of carbonyl (C=O) groups is 1. The first-order valence-corrected chi connectivity index (χ1v) is 11.5. The van der Waals surface area contributed by atoms with Crippen molar-refractivity contribution in [3.63, 3.8) is 0 Å². The average Bonchev–Trinajstić information content (AvgIpc) is 3.22. The Bertz CT molecular complexity index is 796. The van der Waals surface area contributed by atoms with Gasteiger partial charge >= 0.3 is 0 Å². The van der Waals surface area contributed by atoms with Gasteiger partial charge in [0.2, 0.25) is 5.91 Å². The zero-order chi connectivity index (χ0) is 20.8. The van der Waals surface area contributed by atoms with E-state index in [4.69, 9.17) is 4.42 Å². The second-order valence-electron chi connectivity index (χ2n) is 8.87. The monoisotopic (exact) mass is 409 g/mol.